The first-order chi connectivity index (χ1) is 7.54. The highest BCUT2D eigenvalue weighted by atomic mass is 16.7. The Labute approximate surface area is 95.9 Å². The zero-order chi connectivity index (χ0) is 11.4. The number of Topliss-reactive ketones (excluding diaryl/α,β-unsaturated/α-hetero) is 1. The SMILES string of the molecule is CC1(C)OCC2(CO1)C(=O)C1CCN2CC1. The van der Waals surface area contributed by atoms with Gasteiger partial charge in [0.2, 0.25) is 0 Å². The second-order valence-electron chi connectivity index (χ2n) is 5.63. The first kappa shape index (κ1) is 10.7. The molecule has 0 amide bonds. The lowest BCUT2D eigenvalue weighted by atomic mass is 9.73. The van der Waals surface area contributed by atoms with Crippen LogP contribution < -0.4 is 0 Å². The van der Waals surface area contributed by atoms with E-state index in [1.165, 1.54) is 0 Å². The lowest BCUT2D eigenvalue weighted by molar-refractivity contribution is -0.288. The van der Waals surface area contributed by atoms with Gasteiger partial charge in [0, 0.05) is 5.92 Å². The molecule has 0 aromatic carbocycles. The largest absolute Gasteiger partial charge is 0.348 e. The monoisotopic (exact) mass is 225 g/mol. The van der Waals surface area contributed by atoms with Gasteiger partial charge in [-0.15, -0.1) is 0 Å². The van der Waals surface area contributed by atoms with Crippen molar-refractivity contribution in [2.75, 3.05) is 26.3 Å². The number of rotatable bonds is 0. The van der Waals surface area contributed by atoms with Gasteiger partial charge in [0.05, 0.1) is 13.2 Å². The predicted molar refractivity (Wildman–Crippen MR) is 58.0 cm³/mol. The van der Waals surface area contributed by atoms with Gasteiger partial charge in [-0.2, -0.15) is 0 Å². The molecule has 0 atom stereocenters. The highest BCUT2D eigenvalue weighted by molar-refractivity contribution is 5.92. The standard InChI is InChI=1S/C12H19NO3/c1-11(2)15-7-12(8-16-11)10(14)9-3-5-13(12)6-4-9/h9H,3-8H2,1-2H3. The number of hydrogen-bond donors (Lipinski definition) is 0. The number of carbonyl (C=O) groups excluding carboxylic acids is 1. The van der Waals surface area contributed by atoms with E-state index in [9.17, 15) is 4.79 Å². The van der Waals surface area contributed by atoms with Crippen molar-refractivity contribution < 1.29 is 14.3 Å². The highest BCUT2D eigenvalue weighted by Crippen LogP contribution is 2.40. The molecule has 4 heteroatoms. The van der Waals surface area contributed by atoms with Crippen LogP contribution in [0.25, 0.3) is 0 Å². The van der Waals surface area contributed by atoms with Gasteiger partial charge in [-0.25, -0.2) is 0 Å². The third kappa shape index (κ3) is 1.36. The van der Waals surface area contributed by atoms with Gasteiger partial charge in [0.15, 0.2) is 11.6 Å². The van der Waals surface area contributed by atoms with Crippen molar-refractivity contribution >= 4 is 5.78 Å². The molecule has 0 saturated carbocycles. The zero-order valence-corrected chi connectivity index (χ0v) is 9.99. The minimum atomic E-state index is -0.538. The van der Waals surface area contributed by atoms with E-state index in [4.69, 9.17) is 9.47 Å². The predicted octanol–water partition coefficient (Wildman–Crippen LogP) is 0.803. The first-order valence-corrected chi connectivity index (χ1v) is 6.11. The Balaban J connectivity index is 1.86. The summed E-state index contributed by atoms with van der Waals surface area (Å²) >= 11 is 0. The molecule has 4 aliphatic heterocycles. The van der Waals surface area contributed by atoms with Gasteiger partial charge in [-0.3, -0.25) is 9.69 Å². The Morgan fingerprint density at radius 3 is 2.25 bits per heavy atom. The van der Waals surface area contributed by atoms with Crippen LogP contribution in [0.1, 0.15) is 26.7 Å². The van der Waals surface area contributed by atoms with Gasteiger partial charge in [0.25, 0.3) is 0 Å². The lowest BCUT2D eigenvalue weighted by Crippen LogP contribution is -2.72. The minimum Gasteiger partial charge on any atom is -0.348 e. The van der Waals surface area contributed by atoms with Crippen molar-refractivity contribution in [1.82, 2.24) is 4.90 Å². The van der Waals surface area contributed by atoms with Gasteiger partial charge in [0.1, 0.15) is 5.54 Å². The van der Waals surface area contributed by atoms with E-state index in [-0.39, 0.29) is 5.92 Å². The molecule has 0 aromatic rings. The maximum atomic E-state index is 12.4. The van der Waals surface area contributed by atoms with Crippen LogP contribution in [0, 0.1) is 5.92 Å². The van der Waals surface area contributed by atoms with Crippen LogP contribution in [-0.2, 0) is 14.3 Å². The summed E-state index contributed by atoms with van der Waals surface area (Å²) in [6, 6.07) is 0. The molecule has 2 bridgehead atoms. The molecule has 4 saturated heterocycles. The van der Waals surface area contributed by atoms with Crippen molar-refractivity contribution in [2.45, 2.75) is 38.0 Å². The number of nitrogens with zero attached hydrogens (tertiary/aromatic N) is 1. The average molecular weight is 225 g/mol. The third-order valence-electron chi connectivity index (χ3n) is 4.25. The summed E-state index contributed by atoms with van der Waals surface area (Å²) in [6.45, 7) is 6.83. The Morgan fingerprint density at radius 2 is 1.75 bits per heavy atom. The van der Waals surface area contributed by atoms with E-state index in [0.29, 0.717) is 19.0 Å². The fourth-order valence-electron chi connectivity index (χ4n) is 3.10. The van der Waals surface area contributed by atoms with Gasteiger partial charge < -0.3 is 9.47 Å². The Hall–Kier alpha value is -0.450. The maximum Gasteiger partial charge on any atom is 0.162 e. The summed E-state index contributed by atoms with van der Waals surface area (Å²) in [4.78, 5) is 14.6. The molecular formula is C12H19NO3. The van der Waals surface area contributed by atoms with E-state index >= 15 is 0 Å². The molecule has 0 aromatic heterocycles. The Morgan fingerprint density at radius 1 is 1.19 bits per heavy atom. The van der Waals surface area contributed by atoms with E-state index in [1.807, 2.05) is 13.8 Å². The fourth-order valence-corrected chi connectivity index (χ4v) is 3.10. The summed E-state index contributed by atoms with van der Waals surface area (Å²) in [6.07, 6.45) is 2.04. The maximum absolute atomic E-state index is 12.4. The minimum absolute atomic E-state index is 0.249. The molecule has 4 fully saturated rings. The van der Waals surface area contributed by atoms with E-state index in [0.717, 1.165) is 25.9 Å². The van der Waals surface area contributed by atoms with Crippen LogP contribution in [0.2, 0.25) is 0 Å². The third-order valence-corrected chi connectivity index (χ3v) is 4.25. The van der Waals surface area contributed by atoms with Crippen molar-refractivity contribution in [3.8, 4) is 0 Å². The second-order valence-corrected chi connectivity index (χ2v) is 5.63. The topological polar surface area (TPSA) is 38.8 Å². The molecule has 16 heavy (non-hydrogen) atoms. The Kier molecular flexibility index (Phi) is 2.19. The summed E-state index contributed by atoms with van der Waals surface area (Å²) in [5.74, 6) is 0.0579. The van der Waals surface area contributed by atoms with Crippen molar-refractivity contribution in [2.24, 2.45) is 5.92 Å². The van der Waals surface area contributed by atoms with Crippen LogP contribution in [0.3, 0.4) is 0 Å². The molecule has 1 spiro atoms. The molecular weight excluding hydrogens is 206 g/mol. The summed E-state index contributed by atoms with van der Waals surface area (Å²) in [5, 5.41) is 0. The number of fused-ring (bicyclic) bond motifs is 2. The normalized spacial score (nSPS) is 40.2. The van der Waals surface area contributed by atoms with Crippen molar-refractivity contribution in [3.63, 3.8) is 0 Å². The quantitative estimate of drug-likeness (QED) is 0.611. The average Bonchev–Trinajstić information content (AvgIpc) is 2.28. The smallest absolute Gasteiger partial charge is 0.162 e. The van der Waals surface area contributed by atoms with Crippen LogP contribution in [0.5, 0.6) is 0 Å². The Bertz CT molecular complexity index is 308. The van der Waals surface area contributed by atoms with Crippen molar-refractivity contribution in [1.29, 1.82) is 0 Å². The number of ketones is 1. The van der Waals surface area contributed by atoms with Gasteiger partial charge >= 0.3 is 0 Å². The molecule has 0 aliphatic carbocycles. The van der Waals surface area contributed by atoms with Crippen LogP contribution in [0.4, 0.5) is 0 Å². The zero-order valence-electron chi connectivity index (χ0n) is 9.99. The molecule has 0 unspecified atom stereocenters. The molecule has 0 N–H and O–H groups in total. The molecule has 4 heterocycles. The molecule has 4 aliphatic rings. The summed E-state index contributed by atoms with van der Waals surface area (Å²) in [7, 11) is 0. The second kappa shape index (κ2) is 3.28. The summed E-state index contributed by atoms with van der Waals surface area (Å²) in [5.41, 5.74) is -0.462. The van der Waals surface area contributed by atoms with Crippen molar-refractivity contribution in [3.05, 3.63) is 0 Å². The lowest BCUT2D eigenvalue weighted by Gasteiger charge is -2.55. The van der Waals surface area contributed by atoms with Crippen LogP contribution in [-0.4, -0.2) is 48.3 Å². The van der Waals surface area contributed by atoms with Crippen LogP contribution in [0.15, 0.2) is 0 Å². The van der Waals surface area contributed by atoms with E-state index in [2.05, 4.69) is 4.90 Å². The summed E-state index contributed by atoms with van der Waals surface area (Å²) < 4.78 is 11.4. The van der Waals surface area contributed by atoms with E-state index in [1.54, 1.807) is 0 Å². The number of piperidine rings is 3. The fraction of sp³-hybridized carbons (Fsp3) is 0.917. The highest BCUT2D eigenvalue weighted by Gasteiger charge is 2.56. The van der Waals surface area contributed by atoms with E-state index < -0.39 is 11.3 Å². The number of carbonyl (C=O) groups is 1. The molecule has 90 valence electrons. The molecule has 0 radical (unpaired) electrons. The number of ether oxygens (including phenoxy) is 2. The molecule has 4 rings (SSSR count). The van der Waals surface area contributed by atoms with Gasteiger partial charge in [-0.05, 0) is 39.8 Å². The number of hydrogen-bond acceptors (Lipinski definition) is 4. The van der Waals surface area contributed by atoms with Crippen LogP contribution >= 0.6 is 0 Å². The van der Waals surface area contributed by atoms with Gasteiger partial charge in [-0.1, -0.05) is 0 Å². The molecule has 4 nitrogen and oxygen atoms in total. The first-order valence-electron chi connectivity index (χ1n) is 6.11.